The van der Waals surface area contributed by atoms with E-state index in [4.69, 9.17) is 77.8 Å². The molecule has 304 valence electrons. The molecule has 0 aliphatic heterocycles. The SMILES string of the molecule is O=S(=O)([O-])C(F)(F)F.O=S(=O)([O-])C(F)(F)F.O=S(=O)([O-])C(F)(F)F.O=S(=O)([O-])C(F)(F)F.O=S(=O)([O-])C(F)(F)F.O=S(=O)([O-])C(F)(F)F.[U]. The molecule has 0 bridgehead atoms. The van der Waals surface area contributed by atoms with E-state index >= 15 is 0 Å². The molecule has 0 aromatic rings. The predicted octanol–water partition coefficient (Wildman–Crippen LogP) is 0.308. The normalized spacial score (nSPS) is 13.7. The van der Waals surface area contributed by atoms with Crippen LogP contribution in [0.15, 0.2) is 0 Å². The average Bonchev–Trinajstić information content (AvgIpc) is 2.60. The fourth-order valence-electron chi connectivity index (χ4n) is 0. The molecular weight excluding hydrogens is 1130 g/mol. The Labute approximate surface area is 280 Å². The van der Waals surface area contributed by atoms with Gasteiger partial charge in [-0.2, -0.15) is 79.0 Å². The van der Waals surface area contributed by atoms with Crippen LogP contribution in [0.1, 0.15) is 0 Å². The molecule has 0 atom stereocenters. The van der Waals surface area contributed by atoms with Crippen LogP contribution >= 0.6 is 0 Å². The molecule has 0 rings (SSSR count). The maximum Gasteiger partial charge on any atom is 0.485 e. The standard InChI is InChI=1S/6CHF3O3S.U/c6*2-1(3,4)8(5,6)7;/h6*(H,5,6,7);/p-6. The Bertz CT molecular complexity index is 1310. The Morgan fingerprint density at radius 1 is 0.224 bits per heavy atom. The summed E-state index contributed by atoms with van der Waals surface area (Å²) in [4.78, 5) is 0. The first-order valence-corrected chi connectivity index (χ1v) is 16.1. The summed E-state index contributed by atoms with van der Waals surface area (Å²) in [5.41, 5.74) is -33.9. The van der Waals surface area contributed by atoms with Crippen LogP contribution < -0.4 is 0 Å². The van der Waals surface area contributed by atoms with E-state index in [0.29, 0.717) is 0 Å². The Hall–Kier alpha value is -0.748. The van der Waals surface area contributed by atoms with Gasteiger partial charge in [-0.05, 0) is 0 Å². The van der Waals surface area contributed by atoms with Crippen LogP contribution in [0.5, 0.6) is 0 Å². The summed E-state index contributed by atoms with van der Waals surface area (Å²) in [7, 11) is -36.5. The molecule has 0 aromatic heterocycles. The molecule has 0 spiro atoms. The summed E-state index contributed by atoms with van der Waals surface area (Å²) in [5, 5.41) is 0. The Balaban J connectivity index is -0.0000000860. The van der Waals surface area contributed by atoms with Crippen LogP contribution in [0.2, 0.25) is 0 Å². The number of hydrogen-bond acceptors (Lipinski definition) is 18. The van der Waals surface area contributed by atoms with E-state index in [9.17, 15) is 79.0 Å². The van der Waals surface area contributed by atoms with Crippen LogP contribution in [0.25, 0.3) is 0 Å². The average molecular weight is 1130 g/mol. The molecule has 0 aliphatic carbocycles. The fraction of sp³-hybridized carbons (Fsp3) is 1.00. The maximum absolute atomic E-state index is 10.7. The minimum Gasteiger partial charge on any atom is -0.741 e. The summed E-state index contributed by atoms with van der Waals surface area (Å²) in [5.74, 6) is 0. The summed E-state index contributed by atoms with van der Waals surface area (Å²) in [6, 6.07) is 0. The van der Waals surface area contributed by atoms with Crippen molar-refractivity contribution in [2.75, 3.05) is 0 Å². The van der Waals surface area contributed by atoms with Crippen LogP contribution in [0, 0.1) is 31.1 Å². The van der Waals surface area contributed by atoms with Gasteiger partial charge in [-0.15, -0.1) is 0 Å². The van der Waals surface area contributed by atoms with E-state index in [2.05, 4.69) is 0 Å². The van der Waals surface area contributed by atoms with Gasteiger partial charge in [0.2, 0.25) is 0 Å². The van der Waals surface area contributed by atoms with Crippen molar-refractivity contribution in [3.63, 3.8) is 0 Å². The summed E-state index contributed by atoms with van der Waals surface area (Å²) < 4.78 is 353. The Morgan fingerprint density at radius 2 is 0.245 bits per heavy atom. The Kier molecular flexibility index (Phi) is 25.7. The number of alkyl halides is 18. The van der Waals surface area contributed by atoms with Crippen molar-refractivity contribution in [2.24, 2.45) is 0 Å². The summed E-state index contributed by atoms with van der Waals surface area (Å²) in [6.07, 6.45) is 0. The van der Waals surface area contributed by atoms with Crippen LogP contribution in [-0.2, 0) is 60.7 Å². The van der Waals surface area contributed by atoms with Crippen molar-refractivity contribution in [1.29, 1.82) is 0 Å². The van der Waals surface area contributed by atoms with Crippen molar-refractivity contribution in [3.8, 4) is 0 Å². The van der Waals surface area contributed by atoms with Gasteiger partial charge < -0.3 is 27.3 Å². The first-order valence-electron chi connectivity index (χ1n) is 7.63. The molecule has 0 aromatic carbocycles. The van der Waals surface area contributed by atoms with Crippen molar-refractivity contribution in [1.82, 2.24) is 0 Å². The molecule has 0 N–H and O–H groups in total. The Morgan fingerprint density at radius 3 is 0.245 bits per heavy atom. The molecule has 0 aliphatic rings. The first-order chi connectivity index (χ1) is 19.5. The van der Waals surface area contributed by atoms with Crippen LogP contribution in [0.3, 0.4) is 0 Å². The van der Waals surface area contributed by atoms with E-state index in [0.717, 1.165) is 0 Å². The van der Waals surface area contributed by atoms with Gasteiger partial charge >= 0.3 is 33.0 Å². The molecule has 18 nitrogen and oxygen atoms in total. The van der Waals surface area contributed by atoms with Crippen LogP contribution in [0.4, 0.5) is 79.0 Å². The van der Waals surface area contributed by atoms with E-state index < -0.39 is 93.8 Å². The van der Waals surface area contributed by atoms with Gasteiger partial charge in [0, 0.05) is 31.1 Å². The quantitative estimate of drug-likeness (QED) is 0.179. The molecule has 49 heavy (non-hydrogen) atoms. The van der Waals surface area contributed by atoms with Gasteiger partial charge in [-0.1, -0.05) is 0 Å². The molecular formula is C6F18O18S6U-6. The molecule has 0 heterocycles. The molecule has 0 unspecified atom stereocenters. The van der Waals surface area contributed by atoms with E-state index in [1.54, 1.807) is 0 Å². The third kappa shape index (κ3) is 34.1. The van der Waals surface area contributed by atoms with Gasteiger partial charge in [-0.3, -0.25) is 0 Å². The molecule has 0 fully saturated rings. The monoisotopic (exact) mass is 1130 g/mol. The minimum atomic E-state index is -6.09. The summed E-state index contributed by atoms with van der Waals surface area (Å²) in [6.45, 7) is 0. The van der Waals surface area contributed by atoms with E-state index in [1.807, 2.05) is 0 Å². The number of hydrogen-bond donors (Lipinski definition) is 0. The largest absolute Gasteiger partial charge is 0.741 e. The van der Waals surface area contributed by atoms with Crippen molar-refractivity contribution >= 4 is 60.7 Å². The topological polar surface area (TPSA) is 343 Å². The van der Waals surface area contributed by atoms with Gasteiger partial charge in [0.1, 0.15) is 0 Å². The van der Waals surface area contributed by atoms with Gasteiger partial charge in [0.15, 0.2) is 60.7 Å². The third-order valence-electron chi connectivity index (χ3n) is 1.70. The molecule has 43 heteroatoms. The number of rotatable bonds is 0. The van der Waals surface area contributed by atoms with Gasteiger partial charge in [0.25, 0.3) is 0 Å². The van der Waals surface area contributed by atoms with Crippen LogP contribution in [-0.4, -0.2) is 111 Å². The zero-order chi connectivity index (χ0) is 42.0. The smallest absolute Gasteiger partial charge is 0.485 e. The number of halogens is 18. The minimum absolute atomic E-state index is 0. The first kappa shape index (κ1) is 63.3. The molecule has 0 radical (unpaired) electrons. The molecule has 0 saturated heterocycles. The molecule has 0 saturated carbocycles. The predicted molar refractivity (Wildman–Crippen MR) is 94.5 cm³/mol. The van der Waals surface area contributed by atoms with Crippen molar-refractivity contribution in [2.45, 2.75) is 33.0 Å². The maximum atomic E-state index is 10.7. The van der Waals surface area contributed by atoms with Crippen molar-refractivity contribution < 1.29 is 188 Å². The summed E-state index contributed by atoms with van der Waals surface area (Å²) >= 11 is 0. The van der Waals surface area contributed by atoms with Crippen molar-refractivity contribution in [3.05, 3.63) is 0 Å². The van der Waals surface area contributed by atoms with E-state index in [1.165, 1.54) is 0 Å². The zero-order valence-corrected chi connectivity index (χ0v) is 29.2. The third-order valence-corrected chi connectivity index (χ3v) is 5.10. The fourth-order valence-corrected chi connectivity index (χ4v) is 0. The van der Waals surface area contributed by atoms with E-state index in [-0.39, 0.29) is 31.1 Å². The zero-order valence-electron chi connectivity index (χ0n) is 20.1. The van der Waals surface area contributed by atoms with Gasteiger partial charge in [-0.25, -0.2) is 50.5 Å². The second kappa shape index (κ2) is 19.9. The second-order valence-electron chi connectivity index (χ2n) is 5.40. The van der Waals surface area contributed by atoms with Gasteiger partial charge in [0.05, 0.1) is 0 Å². The second-order valence-corrected chi connectivity index (χ2v) is 13.6. The molecule has 0 amide bonds.